The van der Waals surface area contributed by atoms with Gasteiger partial charge in [0.1, 0.15) is 5.76 Å². The van der Waals surface area contributed by atoms with Gasteiger partial charge in [0.05, 0.1) is 38.4 Å². The highest BCUT2D eigenvalue weighted by Crippen LogP contribution is 2.40. The van der Waals surface area contributed by atoms with E-state index in [1.54, 1.807) is 20.4 Å². The largest absolute Gasteiger partial charge is 0.493 e. The number of rotatable bonds is 8. The second-order valence-electron chi connectivity index (χ2n) is 7.02. The van der Waals surface area contributed by atoms with E-state index < -0.39 is 0 Å². The summed E-state index contributed by atoms with van der Waals surface area (Å²) in [4.78, 5) is 6.47. The first kappa shape index (κ1) is 20.4. The van der Waals surface area contributed by atoms with Crippen LogP contribution in [0.25, 0.3) is 11.0 Å². The third kappa shape index (κ3) is 4.76. The number of benzene rings is 2. The van der Waals surface area contributed by atoms with Gasteiger partial charge in [0.25, 0.3) is 0 Å². The Bertz CT molecular complexity index is 1030. The number of furan rings is 1. The molecule has 150 valence electrons. The van der Waals surface area contributed by atoms with Gasteiger partial charge in [-0.1, -0.05) is 18.2 Å². The molecule has 1 heterocycles. The number of fused-ring (bicyclic) bond motifs is 1. The highest BCUT2D eigenvalue weighted by Gasteiger charge is 2.20. The zero-order valence-electron chi connectivity index (χ0n) is 17.2. The maximum absolute atomic E-state index is 9.66. The van der Waals surface area contributed by atoms with Gasteiger partial charge in [0.2, 0.25) is 5.75 Å². The van der Waals surface area contributed by atoms with E-state index >= 15 is 0 Å². The lowest BCUT2D eigenvalue weighted by atomic mass is 9.98. The average molecular weight is 391 g/mol. The van der Waals surface area contributed by atoms with Gasteiger partial charge >= 0.3 is 0 Å². The van der Waals surface area contributed by atoms with Gasteiger partial charge in [-0.15, -0.1) is 0 Å². The van der Waals surface area contributed by atoms with Gasteiger partial charge in [0.15, 0.2) is 11.3 Å². The van der Waals surface area contributed by atoms with Crippen LogP contribution < -0.4 is 9.47 Å². The van der Waals surface area contributed by atoms with E-state index in [1.165, 1.54) is 0 Å². The van der Waals surface area contributed by atoms with Crippen molar-refractivity contribution in [2.45, 2.75) is 13.0 Å². The van der Waals surface area contributed by atoms with Gasteiger partial charge in [-0.25, -0.2) is 0 Å². The van der Waals surface area contributed by atoms with Crippen LogP contribution in [0.2, 0.25) is 0 Å². The van der Waals surface area contributed by atoms with Gasteiger partial charge < -0.3 is 18.8 Å². The first-order chi connectivity index (χ1) is 14.0. The Morgan fingerprint density at radius 3 is 2.55 bits per heavy atom. The fourth-order valence-corrected chi connectivity index (χ4v) is 3.22. The number of para-hydroxylation sites is 1. The summed E-state index contributed by atoms with van der Waals surface area (Å²) in [7, 11) is 7.15. The van der Waals surface area contributed by atoms with Crippen molar-refractivity contribution in [3.8, 4) is 17.6 Å². The van der Waals surface area contributed by atoms with E-state index in [2.05, 4.69) is 11.1 Å². The molecule has 3 rings (SSSR count). The van der Waals surface area contributed by atoms with Crippen LogP contribution in [0.1, 0.15) is 11.3 Å². The van der Waals surface area contributed by atoms with Gasteiger partial charge in [-0.3, -0.25) is 4.99 Å². The van der Waals surface area contributed by atoms with Crippen LogP contribution in [-0.2, 0) is 13.0 Å². The molecule has 0 aliphatic heterocycles. The fourth-order valence-electron chi connectivity index (χ4n) is 3.22. The summed E-state index contributed by atoms with van der Waals surface area (Å²) in [5.41, 5.74) is 2.41. The molecule has 29 heavy (non-hydrogen) atoms. The van der Waals surface area contributed by atoms with E-state index in [9.17, 15) is 5.26 Å². The Hall–Kier alpha value is -3.30. The van der Waals surface area contributed by atoms with Crippen molar-refractivity contribution in [1.29, 1.82) is 5.26 Å². The molecule has 1 aromatic heterocycles. The molecule has 0 fully saturated rings. The Balaban J connectivity index is 1.99. The standard InChI is InChI=1S/C23H25N3O3/c1-26(2)15-19-12-20-17(11-21(27-3)23(28-4)22(20)29-19)10-16(13-24)14-25-18-8-6-5-7-9-18/h5-9,11-12,14,16H,10,15H2,1-4H3. The second-order valence-corrected chi connectivity index (χ2v) is 7.02. The van der Waals surface area contributed by atoms with Crippen LogP contribution in [0, 0.1) is 17.2 Å². The summed E-state index contributed by atoms with van der Waals surface area (Å²) in [5, 5.41) is 10.6. The first-order valence-electron chi connectivity index (χ1n) is 9.35. The molecule has 0 saturated heterocycles. The molecular weight excluding hydrogens is 366 g/mol. The number of aliphatic imine (C=N–C) groups is 1. The highest BCUT2D eigenvalue weighted by molar-refractivity contribution is 5.90. The number of hydrogen-bond acceptors (Lipinski definition) is 6. The molecule has 0 aliphatic rings. The Morgan fingerprint density at radius 1 is 1.17 bits per heavy atom. The molecule has 6 nitrogen and oxygen atoms in total. The van der Waals surface area contributed by atoms with Gasteiger partial charge in [-0.05, 0) is 50.3 Å². The third-order valence-corrected chi connectivity index (χ3v) is 4.53. The second kappa shape index (κ2) is 9.26. The minimum Gasteiger partial charge on any atom is -0.493 e. The number of nitriles is 1. The molecule has 0 amide bonds. The fraction of sp³-hybridized carbons (Fsp3) is 0.304. The summed E-state index contributed by atoms with van der Waals surface area (Å²) in [5.74, 6) is 1.58. The topological polar surface area (TPSA) is 71.0 Å². The summed E-state index contributed by atoms with van der Waals surface area (Å²) in [6.45, 7) is 0.663. The lowest BCUT2D eigenvalue weighted by molar-refractivity contribution is 0.341. The number of ether oxygens (including phenoxy) is 2. The van der Waals surface area contributed by atoms with Crippen molar-refractivity contribution in [1.82, 2.24) is 4.90 Å². The molecule has 6 heteroatoms. The van der Waals surface area contributed by atoms with E-state index in [-0.39, 0.29) is 5.92 Å². The van der Waals surface area contributed by atoms with E-state index in [1.807, 2.05) is 61.5 Å². The zero-order valence-corrected chi connectivity index (χ0v) is 17.2. The van der Waals surface area contributed by atoms with Crippen LogP contribution >= 0.6 is 0 Å². The van der Waals surface area contributed by atoms with Crippen molar-refractivity contribution in [2.24, 2.45) is 10.9 Å². The lowest BCUT2D eigenvalue weighted by Crippen LogP contribution is -2.09. The van der Waals surface area contributed by atoms with Crippen LogP contribution in [0.5, 0.6) is 11.5 Å². The Morgan fingerprint density at radius 2 is 1.93 bits per heavy atom. The molecule has 0 saturated carbocycles. The van der Waals surface area contributed by atoms with E-state index in [4.69, 9.17) is 13.9 Å². The monoisotopic (exact) mass is 391 g/mol. The maximum Gasteiger partial charge on any atom is 0.204 e. The van der Waals surface area contributed by atoms with E-state index in [0.29, 0.717) is 30.0 Å². The number of nitrogens with zero attached hydrogens (tertiary/aromatic N) is 3. The van der Waals surface area contributed by atoms with Crippen LogP contribution in [0.15, 0.2) is 51.9 Å². The van der Waals surface area contributed by atoms with Crippen LogP contribution in [-0.4, -0.2) is 39.4 Å². The van der Waals surface area contributed by atoms with Crippen molar-refractivity contribution >= 4 is 22.9 Å². The number of methoxy groups -OCH3 is 2. The number of hydrogen-bond donors (Lipinski definition) is 0. The minimum atomic E-state index is -0.385. The molecule has 0 N–H and O–H groups in total. The average Bonchev–Trinajstić information content (AvgIpc) is 3.14. The summed E-state index contributed by atoms with van der Waals surface area (Å²) < 4.78 is 17.1. The third-order valence-electron chi connectivity index (χ3n) is 4.53. The van der Waals surface area contributed by atoms with Crippen molar-refractivity contribution in [3.05, 3.63) is 53.8 Å². The molecule has 3 aromatic rings. The molecule has 0 bridgehead atoms. The highest BCUT2D eigenvalue weighted by atomic mass is 16.5. The van der Waals surface area contributed by atoms with Crippen molar-refractivity contribution in [3.63, 3.8) is 0 Å². The first-order valence-corrected chi connectivity index (χ1v) is 9.35. The molecular formula is C23H25N3O3. The van der Waals surface area contributed by atoms with Crippen LogP contribution in [0.4, 0.5) is 5.69 Å². The molecule has 0 aliphatic carbocycles. The molecule has 2 aromatic carbocycles. The van der Waals surface area contributed by atoms with Crippen molar-refractivity contribution in [2.75, 3.05) is 28.3 Å². The predicted molar refractivity (Wildman–Crippen MR) is 114 cm³/mol. The van der Waals surface area contributed by atoms with Gasteiger partial charge in [-0.2, -0.15) is 5.26 Å². The summed E-state index contributed by atoms with van der Waals surface area (Å²) in [6, 6.07) is 15.8. The van der Waals surface area contributed by atoms with Crippen LogP contribution in [0.3, 0.4) is 0 Å². The van der Waals surface area contributed by atoms with Crippen molar-refractivity contribution < 1.29 is 13.9 Å². The quantitative estimate of drug-likeness (QED) is 0.525. The Labute approximate surface area is 171 Å². The normalized spacial score (nSPS) is 12.4. The molecule has 0 radical (unpaired) electrons. The maximum atomic E-state index is 9.66. The smallest absolute Gasteiger partial charge is 0.204 e. The molecule has 0 spiro atoms. The zero-order chi connectivity index (χ0) is 20.8. The Kier molecular flexibility index (Phi) is 6.53. The van der Waals surface area contributed by atoms with Gasteiger partial charge in [0, 0.05) is 11.6 Å². The SMILES string of the molecule is COc1cc(CC(C#N)C=Nc2ccccc2)c2cc(CN(C)C)oc2c1OC. The molecule has 1 unspecified atom stereocenters. The van der Waals surface area contributed by atoms with E-state index in [0.717, 1.165) is 22.4 Å². The summed E-state index contributed by atoms with van der Waals surface area (Å²) >= 11 is 0. The minimum absolute atomic E-state index is 0.385. The molecule has 1 atom stereocenters. The summed E-state index contributed by atoms with van der Waals surface area (Å²) in [6.07, 6.45) is 2.18. The lowest BCUT2D eigenvalue weighted by Gasteiger charge is -2.12. The predicted octanol–water partition coefficient (Wildman–Crippen LogP) is 4.60.